The Hall–Kier alpha value is -0.570. The summed E-state index contributed by atoms with van der Waals surface area (Å²) in [7, 11) is 0. The van der Waals surface area contributed by atoms with Crippen LogP contribution in [0.15, 0.2) is 0 Å². The Morgan fingerprint density at radius 3 is 2.44 bits per heavy atom. The van der Waals surface area contributed by atoms with Gasteiger partial charge in [0.25, 0.3) is 0 Å². The molecule has 2 rings (SSSR count). The molecule has 2 aliphatic carbocycles. The summed E-state index contributed by atoms with van der Waals surface area (Å²) in [4.78, 5) is 12.1. The SMILES string of the molecule is CC1(NC(=O)C2CCCC2N)CCCCC1. The van der Waals surface area contributed by atoms with Gasteiger partial charge in [-0.3, -0.25) is 4.79 Å². The van der Waals surface area contributed by atoms with Crippen LogP contribution in [0.25, 0.3) is 0 Å². The topological polar surface area (TPSA) is 55.1 Å². The van der Waals surface area contributed by atoms with E-state index in [-0.39, 0.29) is 23.4 Å². The van der Waals surface area contributed by atoms with Crippen molar-refractivity contribution >= 4 is 5.91 Å². The van der Waals surface area contributed by atoms with Crippen LogP contribution in [0.5, 0.6) is 0 Å². The molecule has 2 saturated carbocycles. The quantitative estimate of drug-likeness (QED) is 0.753. The predicted octanol–water partition coefficient (Wildman–Crippen LogP) is 1.95. The summed E-state index contributed by atoms with van der Waals surface area (Å²) in [6.07, 6.45) is 9.14. The van der Waals surface area contributed by atoms with E-state index in [1.807, 2.05) is 0 Å². The summed E-state index contributed by atoms with van der Waals surface area (Å²) in [5.74, 6) is 0.271. The number of nitrogens with one attached hydrogen (secondary N) is 1. The summed E-state index contributed by atoms with van der Waals surface area (Å²) in [5.41, 5.74) is 6.01. The van der Waals surface area contributed by atoms with Gasteiger partial charge in [0, 0.05) is 11.6 Å². The molecule has 2 atom stereocenters. The van der Waals surface area contributed by atoms with E-state index in [9.17, 15) is 4.79 Å². The largest absolute Gasteiger partial charge is 0.351 e. The second-order valence-corrected chi connectivity index (χ2v) is 5.81. The summed E-state index contributed by atoms with van der Waals surface area (Å²) < 4.78 is 0. The Morgan fingerprint density at radius 1 is 1.19 bits per heavy atom. The minimum absolute atomic E-state index is 0.0393. The lowest BCUT2D eigenvalue weighted by Crippen LogP contribution is -2.51. The second-order valence-electron chi connectivity index (χ2n) is 5.81. The molecule has 2 aliphatic rings. The van der Waals surface area contributed by atoms with Gasteiger partial charge in [-0.05, 0) is 32.6 Å². The van der Waals surface area contributed by atoms with Gasteiger partial charge in [-0.1, -0.05) is 25.7 Å². The number of nitrogens with two attached hydrogens (primary N) is 1. The molecule has 0 saturated heterocycles. The number of amides is 1. The van der Waals surface area contributed by atoms with Crippen molar-refractivity contribution < 1.29 is 4.79 Å². The summed E-state index contributed by atoms with van der Waals surface area (Å²) in [5, 5.41) is 3.25. The van der Waals surface area contributed by atoms with Gasteiger partial charge in [0.1, 0.15) is 0 Å². The molecule has 1 amide bonds. The normalized spacial score (nSPS) is 33.6. The molecule has 0 aromatic heterocycles. The van der Waals surface area contributed by atoms with E-state index in [0.29, 0.717) is 0 Å². The summed E-state index contributed by atoms with van der Waals surface area (Å²) in [6.45, 7) is 2.19. The molecule has 92 valence electrons. The van der Waals surface area contributed by atoms with Crippen molar-refractivity contribution in [2.45, 2.75) is 69.9 Å². The standard InChI is InChI=1S/C13H24N2O/c1-13(8-3-2-4-9-13)15-12(16)10-6-5-7-11(10)14/h10-11H,2-9,14H2,1H3,(H,15,16). The average molecular weight is 224 g/mol. The first-order valence-electron chi connectivity index (χ1n) is 6.68. The highest BCUT2D eigenvalue weighted by atomic mass is 16.2. The van der Waals surface area contributed by atoms with E-state index in [1.165, 1.54) is 19.3 Å². The molecule has 16 heavy (non-hydrogen) atoms. The van der Waals surface area contributed by atoms with Crippen LogP contribution in [-0.4, -0.2) is 17.5 Å². The highest BCUT2D eigenvalue weighted by molar-refractivity contribution is 5.80. The maximum atomic E-state index is 12.1. The van der Waals surface area contributed by atoms with Crippen molar-refractivity contribution in [2.24, 2.45) is 11.7 Å². The zero-order valence-electron chi connectivity index (χ0n) is 10.3. The molecule has 0 heterocycles. The molecule has 3 heteroatoms. The van der Waals surface area contributed by atoms with Crippen molar-refractivity contribution in [1.82, 2.24) is 5.32 Å². The van der Waals surface area contributed by atoms with Crippen molar-refractivity contribution in [3.63, 3.8) is 0 Å². The minimum Gasteiger partial charge on any atom is -0.351 e. The Morgan fingerprint density at radius 2 is 1.88 bits per heavy atom. The van der Waals surface area contributed by atoms with Crippen LogP contribution >= 0.6 is 0 Å². The van der Waals surface area contributed by atoms with Crippen LogP contribution in [0, 0.1) is 5.92 Å². The first kappa shape index (κ1) is 11.9. The fourth-order valence-electron chi connectivity index (χ4n) is 3.16. The molecule has 0 aromatic rings. The predicted molar refractivity (Wildman–Crippen MR) is 64.9 cm³/mol. The highest BCUT2D eigenvalue weighted by Gasteiger charge is 2.35. The van der Waals surface area contributed by atoms with Crippen molar-refractivity contribution in [3.05, 3.63) is 0 Å². The average Bonchev–Trinajstić information content (AvgIpc) is 2.65. The maximum Gasteiger partial charge on any atom is 0.225 e. The monoisotopic (exact) mass is 224 g/mol. The number of carbonyl (C=O) groups is 1. The first-order chi connectivity index (χ1) is 7.61. The second kappa shape index (κ2) is 4.74. The van der Waals surface area contributed by atoms with Crippen molar-refractivity contribution in [2.75, 3.05) is 0 Å². The summed E-state index contributed by atoms with van der Waals surface area (Å²) >= 11 is 0. The molecule has 0 spiro atoms. The molecule has 0 aliphatic heterocycles. The fraction of sp³-hybridized carbons (Fsp3) is 0.923. The zero-order chi connectivity index (χ0) is 11.6. The van der Waals surface area contributed by atoms with E-state index in [4.69, 9.17) is 5.73 Å². The number of hydrogen-bond acceptors (Lipinski definition) is 2. The Labute approximate surface area is 98.2 Å². The van der Waals surface area contributed by atoms with E-state index < -0.39 is 0 Å². The lowest BCUT2D eigenvalue weighted by molar-refractivity contribution is -0.127. The van der Waals surface area contributed by atoms with E-state index in [2.05, 4.69) is 12.2 Å². The number of carbonyl (C=O) groups excluding carboxylic acids is 1. The zero-order valence-corrected chi connectivity index (χ0v) is 10.3. The highest BCUT2D eigenvalue weighted by Crippen LogP contribution is 2.30. The fourth-order valence-corrected chi connectivity index (χ4v) is 3.16. The molecule has 3 nitrogen and oxygen atoms in total. The summed E-state index contributed by atoms with van der Waals surface area (Å²) in [6, 6.07) is 0.0900. The first-order valence-corrected chi connectivity index (χ1v) is 6.68. The van der Waals surface area contributed by atoms with E-state index >= 15 is 0 Å². The van der Waals surface area contributed by atoms with Crippen LogP contribution < -0.4 is 11.1 Å². The molecular formula is C13H24N2O. The molecular weight excluding hydrogens is 200 g/mol. The van der Waals surface area contributed by atoms with E-state index in [0.717, 1.165) is 32.1 Å². The molecule has 2 fully saturated rings. The maximum absolute atomic E-state index is 12.1. The van der Waals surface area contributed by atoms with Crippen molar-refractivity contribution in [1.29, 1.82) is 0 Å². The van der Waals surface area contributed by atoms with Gasteiger partial charge in [0.05, 0.1) is 5.92 Å². The molecule has 0 bridgehead atoms. The smallest absolute Gasteiger partial charge is 0.225 e. The van der Waals surface area contributed by atoms with Gasteiger partial charge in [-0.25, -0.2) is 0 Å². The number of hydrogen-bond donors (Lipinski definition) is 2. The van der Waals surface area contributed by atoms with Crippen LogP contribution in [0.4, 0.5) is 0 Å². The van der Waals surface area contributed by atoms with Crippen LogP contribution in [-0.2, 0) is 4.79 Å². The Bertz CT molecular complexity index is 259. The van der Waals surface area contributed by atoms with Gasteiger partial charge in [0.15, 0.2) is 0 Å². The Kier molecular flexibility index (Phi) is 3.53. The molecule has 0 radical (unpaired) electrons. The van der Waals surface area contributed by atoms with Crippen LogP contribution in [0.3, 0.4) is 0 Å². The van der Waals surface area contributed by atoms with Gasteiger partial charge in [0.2, 0.25) is 5.91 Å². The molecule has 2 unspecified atom stereocenters. The molecule has 0 aromatic carbocycles. The van der Waals surface area contributed by atoms with Gasteiger partial charge in [-0.2, -0.15) is 0 Å². The molecule has 3 N–H and O–H groups in total. The van der Waals surface area contributed by atoms with Crippen LogP contribution in [0.1, 0.15) is 58.3 Å². The van der Waals surface area contributed by atoms with Crippen molar-refractivity contribution in [3.8, 4) is 0 Å². The van der Waals surface area contributed by atoms with Gasteiger partial charge >= 0.3 is 0 Å². The third kappa shape index (κ3) is 2.57. The minimum atomic E-state index is 0.0393. The van der Waals surface area contributed by atoms with Gasteiger partial charge in [-0.15, -0.1) is 0 Å². The lowest BCUT2D eigenvalue weighted by atomic mass is 9.83. The lowest BCUT2D eigenvalue weighted by Gasteiger charge is -2.35. The number of rotatable bonds is 2. The Balaban J connectivity index is 1.90. The third-order valence-corrected chi connectivity index (χ3v) is 4.29. The van der Waals surface area contributed by atoms with Gasteiger partial charge < -0.3 is 11.1 Å². The van der Waals surface area contributed by atoms with Crippen LogP contribution in [0.2, 0.25) is 0 Å². The third-order valence-electron chi connectivity index (χ3n) is 4.29. The van der Waals surface area contributed by atoms with E-state index in [1.54, 1.807) is 0 Å².